The first kappa shape index (κ1) is 17.9. The van der Waals surface area contributed by atoms with Crippen LogP contribution in [0, 0.1) is 5.82 Å². The van der Waals surface area contributed by atoms with Crippen molar-refractivity contribution in [2.75, 3.05) is 33.3 Å². The Kier molecular flexibility index (Phi) is 5.07. The fourth-order valence-electron chi connectivity index (χ4n) is 3.87. The maximum absolute atomic E-state index is 13.6. The predicted octanol–water partition coefficient (Wildman–Crippen LogP) is 1.65. The third-order valence-corrected chi connectivity index (χ3v) is 5.41. The van der Waals surface area contributed by atoms with Crippen molar-refractivity contribution in [2.45, 2.75) is 31.8 Å². The summed E-state index contributed by atoms with van der Waals surface area (Å²) in [6.45, 7) is 2.73. The molecule has 3 heterocycles. The van der Waals surface area contributed by atoms with Crippen molar-refractivity contribution in [3.63, 3.8) is 0 Å². The van der Waals surface area contributed by atoms with E-state index in [1.807, 2.05) is 0 Å². The first-order valence-electron chi connectivity index (χ1n) is 9.41. The summed E-state index contributed by atoms with van der Waals surface area (Å²) in [7, 11) is 2.12. The molecule has 1 aromatic heterocycles. The van der Waals surface area contributed by atoms with E-state index in [1.165, 1.54) is 18.6 Å². The minimum absolute atomic E-state index is 0.101. The topological polar surface area (TPSA) is 63.5 Å². The van der Waals surface area contributed by atoms with Crippen molar-refractivity contribution >= 4 is 5.91 Å². The van der Waals surface area contributed by atoms with Crippen LogP contribution in [0.2, 0.25) is 0 Å². The van der Waals surface area contributed by atoms with Crippen LogP contribution in [0.3, 0.4) is 0 Å². The summed E-state index contributed by atoms with van der Waals surface area (Å²) in [5.74, 6) is 1.43. The smallest absolute Gasteiger partial charge is 0.260 e. The third-order valence-electron chi connectivity index (χ3n) is 5.41. The SMILES string of the molecule is CN1CCC[C@@H]1c1nnc2n1CCN(C(=O)COc1ccccc1F)CC2. The standard InChI is InChI=1S/C19H24FN5O2/c1-23-9-4-6-15(23)19-22-21-17-8-10-24(11-12-25(17)19)18(26)13-27-16-7-3-2-5-14(16)20/h2-3,5,7,15H,4,6,8-13H2,1H3/t15-/m1/s1. The van der Waals surface area contributed by atoms with E-state index in [4.69, 9.17) is 4.74 Å². The van der Waals surface area contributed by atoms with Gasteiger partial charge in [0.15, 0.2) is 18.2 Å². The molecule has 2 aliphatic heterocycles. The number of hydrogen-bond acceptors (Lipinski definition) is 5. The number of fused-ring (bicyclic) bond motifs is 1. The molecule has 2 aromatic rings. The summed E-state index contributed by atoms with van der Waals surface area (Å²) in [5, 5.41) is 8.79. The molecule has 0 spiro atoms. The summed E-state index contributed by atoms with van der Waals surface area (Å²) in [6, 6.07) is 6.42. The molecule has 0 N–H and O–H groups in total. The van der Waals surface area contributed by atoms with Gasteiger partial charge in [-0.2, -0.15) is 0 Å². The molecule has 144 valence electrons. The highest BCUT2D eigenvalue weighted by atomic mass is 19.1. The van der Waals surface area contributed by atoms with Gasteiger partial charge in [-0.15, -0.1) is 10.2 Å². The van der Waals surface area contributed by atoms with E-state index >= 15 is 0 Å². The van der Waals surface area contributed by atoms with E-state index < -0.39 is 5.82 Å². The van der Waals surface area contributed by atoms with Crippen molar-refractivity contribution in [3.05, 3.63) is 41.7 Å². The van der Waals surface area contributed by atoms with Crippen LogP contribution in [0.25, 0.3) is 0 Å². The minimum atomic E-state index is -0.460. The zero-order chi connectivity index (χ0) is 18.8. The molecule has 0 bridgehead atoms. The minimum Gasteiger partial charge on any atom is -0.481 e. The van der Waals surface area contributed by atoms with Gasteiger partial charge < -0.3 is 14.2 Å². The van der Waals surface area contributed by atoms with Crippen LogP contribution in [-0.2, 0) is 17.8 Å². The number of hydrogen-bond donors (Lipinski definition) is 0. The number of carbonyl (C=O) groups excluding carboxylic acids is 1. The molecule has 1 aromatic carbocycles. The van der Waals surface area contributed by atoms with Crippen LogP contribution in [0.1, 0.15) is 30.5 Å². The highest BCUT2D eigenvalue weighted by Crippen LogP contribution is 2.30. The number of halogens is 1. The Hall–Kier alpha value is -2.48. The lowest BCUT2D eigenvalue weighted by atomic mass is 10.2. The lowest BCUT2D eigenvalue weighted by molar-refractivity contribution is -0.133. The van der Waals surface area contributed by atoms with E-state index in [-0.39, 0.29) is 18.3 Å². The van der Waals surface area contributed by atoms with Crippen LogP contribution in [-0.4, -0.2) is 63.8 Å². The Labute approximate surface area is 157 Å². The number of aromatic nitrogens is 3. The van der Waals surface area contributed by atoms with Gasteiger partial charge in [-0.1, -0.05) is 12.1 Å². The Morgan fingerprint density at radius 1 is 1.22 bits per heavy atom. The van der Waals surface area contributed by atoms with Gasteiger partial charge in [0.1, 0.15) is 11.6 Å². The predicted molar refractivity (Wildman–Crippen MR) is 96.8 cm³/mol. The van der Waals surface area contributed by atoms with Crippen molar-refractivity contribution in [3.8, 4) is 5.75 Å². The zero-order valence-electron chi connectivity index (χ0n) is 15.5. The monoisotopic (exact) mass is 373 g/mol. The molecule has 1 fully saturated rings. The number of carbonyl (C=O) groups is 1. The first-order valence-corrected chi connectivity index (χ1v) is 9.41. The van der Waals surface area contributed by atoms with Gasteiger partial charge in [-0.05, 0) is 38.6 Å². The molecule has 0 radical (unpaired) electrons. The average Bonchev–Trinajstić information content (AvgIpc) is 3.20. The number of benzene rings is 1. The normalized spacial score (nSPS) is 20.4. The highest BCUT2D eigenvalue weighted by Gasteiger charge is 2.30. The lowest BCUT2D eigenvalue weighted by Gasteiger charge is -2.22. The average molecular weight is 373 g/mol. The molecule has 0 saturated carbocycles. The fraction of sp³-hybridized carbons (Fsp3) is 0.526. The Balaban J connectivity index is 1.39. The van der Waals surface area contributed by atoms with Crippen LogP contribution in [0.5, 0.6) is 5.75 Å². The van der Waals surface area contributed by atoms with Crippen molar-refractivity contribution < 1.29 is 13.9 Å². The molecule has 0 aliphatic carbocycles. The van der Waals surface area contributed by atoms with Crippen LogP contribution < -0.4 is 4.74 Å². The Bertz CT molecular complexity index is 824. The number of nitrogens with zero attached hydrogens (tertiary/aromatic N) is 5. The second-order valence-electron chi connectivity index (χ2n) is 7.11. The van der Waals surface area contributed by atoms with Gasteiger partial charge in [0.25, 0.3) is 5.91 Å². The molecular weight excluding hydrogens is 349 g/mol. The largest absolute Gasteiger partial charge is 0.481 e. The molecule has 27 heavy (non-hydrogen) atoms. The quantitative estimate of drug-likeness (QED) is 0.815. The Morgan fingerprint density at radius 2 is 2.07 bits per heavy atom. The summed E-state index contributed by atoms with van der Waals surface area (Å²) in [6.07, 6.45) is 2.92. The second kappa shape index (κ2) is 7.64. The molecule has 7 nitrogen and oxygen atoms in total. The molecule has 4 rings (SSSR count). The van der Waals surface area contributed by atoms with E-state index in [9.17, 15) is 9.18 Å². The molecule has 0 unspecified atom stereocenters. The highest BCUT2D eigenvalue weighted by molar-refractivity contribution is 5.77. The fourth-order valence-corrected chi connectivity index (χ4v) is 3.87. The first-order chi connectivity index (χ1) is 13.1. The number of amides is 1. The third kappa shape index (κ3) is 3.66. The van der Waals surface area contributed by atoms with Crippen LogP contribution in [0.4, 0.5) is 4.39 Å². The number of likely N-dealkylation sites (tertiary alicyclic amines) is 1. The molecule has 2 aliphatic rings. The maximum atomic E-state index is 13.6. The maximum Gasteiger partial charge on any atom is 0.260 e. The lowest BCUT2D eigenvalue weighted by Crippen LogP contribution is -2.37. The zero-order valence-corrected chi connectivity index (χ0v) is 15.5. The number of ether oxygens (including phenoxy) is 1. The molecule has 1 atom stereocenters. The molecular formula is C19H24FN5O2. The molecule has 1 saturated heterocycles. The summed E-state index contributed by atoms with van der Waals surface area (Å²) < 4.78 is 21.2. The van der Waals surface area contributed by atoms with Gasteiger partial charge in [-0.3, -0.25) is 9.69 Å². The van der Waals surface area contributed by atoms with E-state index in [2.05, 4.69) is 26.7 Å². The second-order valence-corrected chi connectivity index (χ2v) is 7.11. The summed E-state index contributed by atoms with van der Waals surface area (Å²) in [4.78, 5) is 16.6. The van der Waals surface area contributed by atoms with E-state index in [0.717, 1.165) is 24.6 Å². The van der Waals surface area contributed by atoms with Crippen LogP contribution in [0.15, 0.2) is 24.3 Å². The van der Waals surface area contributed by atoms with Gasteiger partial charge in [0.05, 0.1) is 6.04 Å². The van der Waals surface area contributed by atoms with Gasteiger partial charge in [-0.25, -0.2) is 4.39 Å². The molecule has 8 heteroatoms. The van der Waals surface area contributed by atoms with Crippen LogP contribution >= 0.6 is 0 Å². The number of para-hydroxylation sites is 1. The van der Waals surface area contributed by atoms with E-state index in [1.54, 1.807) is 17.0 Å². The van der Waals surface area contributed by atoms with Crippen molar-refractivity contribution in [1.82, 2.24) is 24.6 Å². The van der Waals surface area contributed by atoms with Gasteiger partial charge >= 0.3 is 0 Å². The summed E-state index contributed by atoms with van der Waals surface area (Å²) in [5.41, 5.74) is 0. The number of rotatable bonds is 4. The summed E-state index contributed by atoms with van der Waals surface area (Å²) >= 11 is 0. The molecule has 1 amide bonds. The van der Waals surface area contributed by atoms with Crippen molar-refractivity contribution in [1.29, 1.82) is 0 Å². The Morgan fingerprint density at radius 3 is 2.85 bits per heavy atom. The van der Waals surface area contributed by atoms with Crippen molar-refractivity contribution in [2.24, 2.45) is 0 Å². The van der Waals surface area contributed by atoms with E-state index in [0.29, 0.717) is 32.1 Å². The van der Waals surface area contributed by atoms with Gasteiger partial charge in [0, 0.05) is 26.1 Å². The van der Waals surface area contributed by atoms with Gasteiger partial charge in [0.2, 0.25) is 0 Å².